The van der Waals surface area contributed by atoms with Gasteiger partial charge in [0.1, 0.15) is 12.5 Å². The highest BCUT2D eigenvalue weighted by molar-refractivity contribution is 5.40. The fourth-order valence-electron chi connectivity index (χ4n) is 2.92. The minimum Gasteiger partial charge on any atom is -0.367 e. The standard InChI is InChI=1S/C16H20F3N5/c1-10-7-14(21-12-3-5-16(18,19)6-4-12)22-15(20-10)24-11(2)8-13(9-17)23-24/h7-8,12H,3-6,9H2,1-2H3,(H,20,21,22). The molecular formula is C16H20F3N5. The van der Waals surface area contributed by atoms with E-state index in [9.17, 15) is 13.2 Å². The smallest absolute Gasteiger partial charge is 0.252 e. The quantitative estimate of drug-likeness (QED) is 0.922. The van der Waals surface area contributed by atoms with Crippen LogP contribution in [0.15, 0.2) is 12.1 Å². The lowest BCUT2D eigenvalue weighted by atomic mass is 9.92. The fourth-order valence-corrected chi connectivity index (χ4v) is 2.92. The van der Waals surface area contributed by atoms with Crippen molar-refractivity contribution in [3.63, 3.8) is 0 Å². The Bertz CT molecular complexity index is 718. The summed E-state index contributed by atoms with van der Waals surface area (Å²) in [6.07, 6.45) is 0.579. The molecule has 1 aliphatic carbocycles. The zero-order chi connectivity index (χ0) is 17.3. The minimum atomic E-state index is -2.56. The summed E-state index contributed by atoms with van der Waals surface area (Å²) in [6.45, 7) is 2.97. The van der Waals surface area contributed by atoms with Gasteiger partial charge in [-0.3, -0.25) is 0 Å². The molecule has 3 rings (SSSR count). The van der Waals surface area contributed by atoms with Gasteiger partial charge in [0.05, 0.1) is 5.69 Å². The maximum atomic E-state index is 13.3. The summed E-state index contributed by atoms with van der Waals surface area (Å²) >= 11 is 0. The van der Waals surface area contributed by atoms with Gasteiger partial charge in [-0.25, -0.2) is 22.8 Å². The normalized spacial score (nSPS) is 17.9. The van der Waals surface area contributed by atoms with E-state index >= 15 is 0 Å². The second kappa shape index (κ2) is 6.41. The topological polar surface area (TPSA) is 55.6 Å². The summed E-state index contributed by atoms with van der Waals surface area (Å²) in [7, 11) is 0. The van der Waals surface area contributed by atoms with Crippen LogP contribution in [0.5, 0.6) is 0 Å². The molecule has 0 aromatic carbocycles. The van der Waals surface area contributed by atoms with Crippen molar-refractivity contribution in [2.45, 2.75) is 58.2 Å². The van der Waals surface area contributed by atoms with Crippen LogP contribution < -0.4 is 5.32 Å². The van der Waals surface area contributed by atoms with Crippen LogP contribution in [0, 0.1) is 13.8 Å². The zero-order valence-corrected chi connectivity index (χ0v) is 13.7. The van der Waals surface area contributed by atoms with Gasteiger partial charge >= 0.3 is 0 Å². The third-order valence-electron chi connectivity index (χ3n) is 4.18. The average molecular weight is 339 g/mol. The Morgan fingerprint density at radius 1 is 1.21 bits per heavy atom. The van der Waals surface area contributed by atoms with Gasteiger partial charge in [0.15, 0.2) is 0 Å². The van der Waals surface area contributed by atoms with Crippen molar-refractivity contribution in [2.24, 2.45) is 0 Å². The number of hydrogen-bond donors (Lipinski definition) is 1. The van der Waals surface area contributed by atoms with Crippen LogP contribution >= 0.6 is 0 Å². The van der Waals surface area contributed by atoms with Gasteiger partial charge < -0.3 is 5.32 Å². The molecule has 0 spiro atoms. The van der Waals surface area contributed by atoms with E-state index in [0.717, 1.165) is 11.4 Å². The first-order chi connectivity index (χ1) is 11.4. The zero-order valence-electron chi connectivity index (χ0n) is 13.7. The second-order valence-electron chi connectivity index (χ2n) is 6.29. The molecule has 24 heavy (non-hydrogen) atoms. The molecular weight excluding hydrogens is 319 g/mol. The average Bonchev–Trinajstić information content (AvgIpc) is 2.90. The predicted molar refractivity (Wildman–Crippen MR) is 84.3 cm³/mol. The van der Waals surface area contributed by atoms with Crippen LogP contribution in [-0.4, -0.2) is 31.7 Å². The highest BCUT2D eigenvalue weighted by Gasteiger charge is 2.34. The van der Waals surface area contributed by atoms with Crippen LogP contribution in [0.4, 0.5) is 19.0 Å². The van der Waals surface area contributed by atoms with E-state index in [2.05, 4.69) is 20.4 Å². The Kier molecular flexibility index (Phi) is 4.47. The summed E-state index contributed by atoms with van der Waals surface area (Å²) in [6, 6.07) is 3.37. The van der Waals surface area contributed by atoms with E-state index in [-0.39, 0.29) is 18.9 Å². The molecule has 2 aromatic rings. The number of nitrogens with one attached hydrogen (secondary N) is 1. The number of alkyl halides is 3. The minimum absolute atomic E-state index is 0.0353. The number of anilines is 1. The van der Waals surface area contributed by atoms with Gasteiger partial charge in [-0.05, 0) is 32.8 Å². The van der Waals surface area contributed by atoms with Crippen molar-refractivity contribution >= 4 is 5.82 Å². The van der Waals surface area contributed by atoms with Gasteiger partial charge in [-0.2, -0.15) is 10.1 Å². The Hall–Kier alpha value is -2.12. The van der Waals surface area contributed by atoms with Crippen LogP contribution in [0.1, 0.15) is 42.8 Å². The predicted octanol–water partition coefficient (Wildman–Crippen LogP) is 3.74. The third-order valence-corrected chi connectivity index (χ3v) is 4.18. The lowest BCUT2D eigenvalue weighted by molar-refractivity contribution is -0.0361. The van der Waals surface area contributed by atoms with Gasteiger partial charge in [0, 0.05) is 36.3 Å². The maximum Gasteiger partial charge on any atom is 0.252 e. The number of hydrogen-bond acceptors (Lipinski definition) is 4. The first-order valence-electron chi connectivity index (χ1n) is 7.98. The second-order valence-corrected chi connectivity index (χ2v) is 6.29. The lowest BCUT2D eigenvalue weighted by Crippen LogP contribution is -2.32. The number of aryl methyl sites for hydroxylation is 2. The number of rotatable bonds is 4. The molecule has 8 heteroatoms. The largest absolute Gasteiger partial charge is 0.367 e. The van der Waals surface area contributed by atoms with Crippen molar-refractivity contribution < 1.29 is 13.2 Å². The number of aromatic nitrogens is 4. The summed E-state index contributed by atoms with van der Waals surface area (Å²) in [4.78, 5) is 8.75. The highest BCUT2D eigenvalue weighted by atomic mass is 19.3. The van der Waals surface area contributed by atoms with E-state index in [1.165, 1.54) is 4.68 Å². The molecule has 1 aliphatic rings. The van der Waals surface area contributed by atoms with E-state index in [4.69, 9.17) is 0 Å². The Morgan fingerprint density at radius 3 is 2.54 bits per heavy atom. The molecule has 1 fully saturated rings. The molecule has 0 aliphatic heterocycles. The summed E-state index contributed by atoms with van der Waals surface area (Å²) in [5.41, 5.74) is 1.78. The lowest BCUT2D eigenvalue weighted by Gasteiger charge is -2.29. The highest BCUT2D eigenvalue weighted by Crippen LogP contribution is 2.34. The molecule has 2 heterocycles. The molecule has 0 bridgehead atoms. The van der Waals surface area contributed by atoms with Crippen LogP contribution in [-0.2, 0) is 6.67 Å². The Morgan fingerprint density at radius 2 is 1.92 bits per heavy atom. The van der Waals surface area contributed by atoms with Crippen molar-refractivity contribution in [3.8, 4) is 5.95 Å². The van der Waals surface area contributed by atoms with Gasteiger partial charge in [-0.15, -0.1) is 0 Å². The van der Waals surface area contributed by atoms with Gasteiger partial charge in [0.2, 0.25) is 5.92 Å². The summed E-state index contributed by atoms with van der Waals surface area (Å²) < 4.78 is 40.8. The van der Waals surface area contributed by atoms with Gasteiger partial charge in [-0.1, -0.05) is 0 Å². The van der Waals surface area contributed by atoms with Crippen molar-refractivity contribution in [1.29, 1.82) is 0 Å². The molecule has 0 radical (unpaired) electrons. The molecule has 1 N–H and O–H groups in total. The summed E-state index contributed by atoms with van der Waals surface area (Å²) in [5, 5.41) is 7.35. The molecule has 0 unspecified atom stereocenters. The van der Waals surface area contributed by atoms with Gasteiger partial charge in [0.25, 0.3) is 5.95 Å². The SMILES string of the molecule is Cc1cc(NC2CCC(F)(F)CC2)nc(-n2nc(CF)cc2C)n1. The number of nitrogens with zero attached hydrogens (tertiary/aromatic N) is 4. The molecule has 130 valence electrons. The Labute approximate surface area is 138 Å². The first-order valence-corrected chi connectivity index (χ1v) is 7.98. The van der Waals surface area contributed by atoms with E-state index in [1.807, 2.05) is 6.92 Å². The number of halogens is 3. The molecule has 2 aromatic heterocycles. The maximum absolute atomic E-state index is 13.3. The van der Waals surface area contributed by atoms with Crippen LogP contribution in [0.2, 0.25) is 0 Å². The first kappa shape index (κ1) is 16.7. The van der Waals surface area contributed by atoms with Crippen molar-refractivity contribution in [3.05, 3.63) is 29.2 Å². The molecule has 0 saturated heterocycles. The monoisotopic (exact) mass is 339 g/mol. The summed E-state index contributed by atoms with van der Waals surface area (Å²) in [5.74, 6) is -1.64. The molecule has 5 nitrogen and oxygen atoms in total. The molecule has 1 saturated carbocycles. The van der Waals surface area contributed by atoms with Crippen molar-refractivity contribution in [1.82, 2.24) is 19.7 Å². The Balaban J connectivity index is 1.80. The van der Waals surface area contributed by atoms with Crippen LogP contribution in [0.25, 0.3) is 5.95 Å². The molecule has 0 amide bonds. The van der Waals surface area contributed by atoms with E-state index < -0.39 is 12.6 Å². The van der Waals surface area contributed by atoms with Crippen molar-refractivity contribution in [2.75, 3.05) is 5.32 Å². The van der Waals surface area contributed by atoms with E-state index in [0.29, 0.717) is 30.3 Å². The molecule has 0 atom stereocenters. The third kappa shape index (κ3) is 3.68. The van der Waals surface area contributed by atoms with Crippen LogP contribution in [0.3, 0.4) is 0 Å². The van der Waals surface area contributed by atoms with E-state index in [1.54, 1.807) is 19.1 Å². The fraction of sp³-hybridized carbons (Fsp3) is 0.562.